The number of hydrogen-bond acceptors (Lipinski definition) is 2. The van der Waals surface area contributed by atoms with Crippen molar-refractivity contribution in [3.63, 3.8) is 0 Å². The van der Waals surface area contributed by atoms with E-state index in [1.165, 1.54) is 16.7 Å². The third-order valence-electron chi connectivity index (χ3n) is 5.28. The summed E-state index contributed by atoms with van der Waals surface area (Å²) >= 11 is 3.57. The molecule has 0 atom stereocenters. The van der Waals surface area contributed by atoms with Gasteiger partial charge in [-0.2, -0.15) is 10.3 Å². The summed E-state index contributed by atoms with van der Waals surface area (Å²) in [6.07, 6.45) is 13.8. The van der Waals surface area contributed by atoms with Gasteiger partial charge in [0.2, 0.25) is 6.19 Å². The maximum atomic E-state index is 9.23. The Labute approximate surface area is 145 Å². The van der Waals surface area contributed by atoms with Gasteiger partial charge in [0.15, 0.2) is 0 Å². The van der Waals surface area contributed by atoms with Gasteiger partial charge in [0, 0.05) is 15.5 Å². The maximum Gasteiger partial charge on any atom is 0.205 e. The summed E-state index contributed by atoms with van der Waals surface area (Å²) in [5.74, 6) is 0. The third kappa shape index (κ3) is 2.42. The number of fused-ring (bicyclic) bond motifs is 2. The number of aryl methyl sites for hydroxylation is 2. The zero-order chi connectivity index (χ0) is 15.9. The van der Waals surface area contributed by atoms with Gasteiger partial charge in [0.05, 0.1) is 5.71 Å². The van der Waals surface area contributed by atoms with Crippen LogP contribution in [0.5, 0.6) is 0 Å². The molecule has 1 spiro atoms. The van der Waals surface area contributed by atoms with Gasteiger partial charge in [-0.1, -0.05) is 52.3 Å². The van der Waals surface area contributed by atoms with E-state index in [-0.39, 0.29) is 5.41 Å². The lowest BCUT2D eigenvalue weighted by molar-refractivity contribution is 0.469. The Hall–Kier alpha value is -1.92. The number of halogens is 1. The smallest absolute Gasteiger partial charge is 0.177 e. The van der Waals surface area contributed by atoms with E-state index in [9.17, 15) is 5.26 Å². The highest BCUT2D eigenvalue weighted by molar-refractivity contribution is 9.11. The Morgan fingerprint density at radius 3 is 2.48 bits per heavy atom. The highest BCUT2D eigenvalue weighted by atomic mass is 79.9. The molecule has 23 heavy (non-hydrogen) atoms. The van der Waals surface area contributed by atoms with E-state index < -0.39 is 0 Å². The molecule has 114 valence electrons. The first-order chi connectivity index (χ1) is 11.2. The monoisotopic (exact) mass is 364 g/mol. The van der Waals surface area contributed by atoms with E-state index >= 15 is 0 Å². The van der Waals surface area contributed by atoms with Crippen LogP contribution < -0.4 is 0 Å². The molecule has 0 unspecified atom stereocenters. The fourth-order valence-corrected chi connectivity index (χ4v) is 4.51. The SMILES string of the molecule is N#CN=C1C2=CC(Br)=CCC2=CC12CCc1ccccc1CC2. The highest BCUT2D eigenvalue weighted by Gasteiger charge is 2.43. The van der Waals surface area contributed by atoms with Gasteiger partial charge in [-0.05, 0) is 54.9 Å². The molecular formula is C20H17BrN2. The number of rotatable bonds is 0. The fourth-order valence-electron chi connectivity index (χ4n) is 4.12. The Balaban J connectivity index is 1.77. The second-order valence-electron chi connectivity index (χ2n) is 6.51. The van der Waals surface area contributed by atoms with Crippen LogP contribution in [0, 0.1) is 16.9 Å². The van der Waals surface area contributed by atoms with Gasteiger partial charge in [-0.25, -0.2) is 0 Å². The van der Waals surface area contributed by atoms with Crippen LogP contribution in [-0.4, -0.2) is 5.71 Å². The van der Waals surface area contributed by atoms with Crippen molar-refractivity contribution in [2.75, 3.05) is 0 Å². The summed E-state index contributed by atoms with van der Waals surface area (Å²) in [4.78, 5) is 4.28. The van der Waals surface area contributed by atoms with Crippen LogP contribution in [0.3, 0.4) is 0 Å². The van der Waals surface area contributed by atoms with E-state index in [1.807, 2.05) is 6.19 Å². The molecule has 0 saturated heterocycles. The average Bonchev–Trinajstić information content (AvgIpc) is 2.73. The van der Waals surface area contributed by atoms with Gasteiger partial charge in [-0.15, -0.1) is 0 Å². The average molecular weight is 365 g/mol. The lowest BCUT2D eigenvalue weighted by Crippen LogP contribution is -2.27. The van der Waals surface area contributed by atoms with Crippen LogP contribution >= 0.6 is 15.9 Å². The van der Waals surface area contributed by atoms with Crippen LogP contribution in [0.4, 0.5) is 0 Å². The Morgan fingerprint density at radius 1 is 1.13 bits per heavy atom. The molecule has 0 amide bonds. The van der Waals surface area contributed by atoms with Crippen LogP contribution in [0.1, 0.15) is 30.4 Å². The molecule has 2 nitrogen and oxygen atoms in total. The molecule has 3 aliphatic rings. The summed E-state index contributed by atoms with van der Waals surface area (Å²) in [6.45, 7) is 0. The van der Waals surface area contributed by atoms with Crippen molar-refractivity contribution in [1.82, 2.24) is 0 Å². The quantitative estimate of drug-likeness (QED) is 0.595. The van der Waals surface area contributed by atoms with E-state index in [1.54, 1.807) is 0 Å². The summed E-state index contributed by atoms with van der Waals surface area (Å²) in [5.41, 5.74) is 6.28. The summed E-state index contributed by atoms with van der Waals surface area (Å²) in [5, 5.41) is 9.23. The Morgan fingerprint density at radius 2 is 1.83 bits per heavy atom. The number of nitrogens with zero attached hydrogens (tertiary/aromatic N) is 2. The molecule has 0 bridgehead atoms. The Bertz CT molecular complexity index is 806. The topological polar surface area (TPSA) is 36.1 Å². The standard InChI is InChI=1S/C20H17BrN2/c21-17-6-5-16-12-20(19(23-13-22)18(16)11-17)9-7-14-3-1-2-4-15(14)8-10-20/h1-4,6,11-12H,5,7-10H2. The largest absolute Gasteiger partial charge is 0.205 e. The molecule has 0 aromatic heterocycles. The molecular weight excluding hydrogens is 348 g/mol. The first-order valence-corrected chi connectivity index (χ1v) is 8.85. The number of hydrogen-bond donors (Lipinski definition) is 0. The predicted molar refractivity (Wildman–Crippen MR) is 96.4 cm³/mol. The summed E-state index contributed by atoms with van der Waals surface area (Å²) < 4.78 is 1.09. The third-order valence-corrected chi connectivity index (χ3v) is 5.84. The number of aliphatic imine (C=N–C) groups is 1. The van der Waals surface area contributed by atoms with Gasteiger partial charge in [0.1, 0.15) is 0 Å². The lowest BCUT2D eigenvalue weighted by atomic mass is 9.77. The normalized spacial score (nSPS) is 23.3. The van der Waals surface area contributed by atoms with Gasteiger partial charge in [-0.3, -0.25) is 0 Å². The zero-order valence-electron chi connectivity index (χ0n) is 12.8. The molecule has 1 aromatic carbocycles. The molecule has 0 fully saturated rings. The minimum atomic E-state index is -0.0820. The molecule has 0 heterocycles. The van der Waals surface area contributed by atoms with Crippen molar-refractivity contribution in [1.29, 1.82) is 5.26 Å². The maximum absolute atomic E-state index is 9.23. The molecule has 0 aliphatic heterocycles. The molecule has 4 rings (SSSR count). The number of benzene rings is 1. The lowest BCUT2D eigenvalue weighted by Gasteiger charge is -2.26. The zero-order valence-corrected chi connectivity index (χ0v) is 14.4. The van der Waals surface area contributed by atoms with Gasteiger partial charge in [0.25, 0.3) is 0 Å². The number of nitriles is 1. The van der Waals surface area contributed by atoms with E-state index in [2.05, 4.69) is 63.4 Å². The molecule has 0 saturated carbocycles. The predicted octanol–water partition coefficient (Wildman–Crippen LogP) is 5.02. The molecule has 1 aromatic rings. The minimum Gasteiger partial charge on any atom is -0.177 e. The first-order valence-electron chi connectivity index (χ1n) is 8.06. The highest BCUT2D eigenvalue weighted by Crippen LogP contribution is 2.48. The van der Waals surface area contributed by atoms with Crippen LogP contribution in [0.25, 0.3) is 0 Å². The van der Waals surface area contributed by atoms with Crippen molar-refractivity contribution in [3.8, 4) is 6.19 Å². The first kappa shape index (κ1) is 14.7. The van der Waals surface area contributed by atoms with E-state index in [0.717, 1.165) is 47.9 Å². The molecule has 3 aliphatic carbocycles. The second-order valence-corrected chi connectivity index (χ2v) is 7.42. The van der Waals surface area contributed by atoms with Crippen LogP contribution in [0.2, 0.25) is 0 Å². The molecule has 3 heteroatoms. The van der Waals surface area contributed by atoms with Crippen molar-refractivity contribution < 1.29 is 0 Å². The Kier molecular flexibility index (Phi) is 3.58. The summed E-state index contributed by atoms with van der Waals surface area (Å²) in [6, 6.07) is 8.72. The van der Waals surface area contributed by atoms with Crippen LogP contribution in [-0.2, 0) is 12.8 Å². The van der Waals surface area contributed by atoms with E-state index in [0.29, 0.717) is 0 Å². The second kappa shape index (κ2) is 5.62. The van der Waals surface area contributed by atoms with Gasteiger partial charge >= 0.3 is 0 Å². The van der Waals surface area contributed by atoms with Crippen molar-refractivity contribution in [2.24, 2.45) is 10.4 Å². The minimum absolute atomic E-state index is 0.0820. The number of allylic oxidation sites excluding steroid dienone is 6. The molecule has 0 radical (unpaired) electrons. The van der Waals surface area contributed by atoms with Gasteiger partial charge < -0.3 is 0 Å². The van der Waals surface area contributed by atoms with Crippen molar-refractivity contribution in [3.05, 3.63) is 69.2 Å². The van der Waals surface area contributed by atoms with Crippen molar-refractivity contribution in [2.45, 2.75) is 32.1 Å². The van der Waals surface area contributed by atoms with Crippen LogP contribution in [0.15, 0.2) is 63.1 Å². The van der Waals surface area contributed by atoms with Crippen molar-refractivity contribution >= 4 is 21.6 Å². The van der Waals surface area contributed by atoms with E-state index in [4.69, 9.17) is 0 Å². The molecule has 0 N–H and O–H groups in total. The summed E-state index contributed by atoms with van der Waals surface area (Å²) in [7, 11) is 0. The fraction of sp³-hybridized carbons (Fsp3) is 0.300.